The summed E-state index contributed by atoms with van der Waals surface area (Å²) in [4.78, 5) is 4.75. The fraction of sp³-hybridized carbons (Fsp3) is 0.400. The average molecular weight is 271 g/mol. The largest absolute Gasteiger partial charge is 0.394 e. The van der Waals surface area contributed by atoms with E-state index in [1.165, 1.54) is 5.56 Å². The second-order valence-electron chi connectivity index (χ2n) is 5.33. The van der Waals surface area contributed by atoms with Gasteiger partial charge in [-0.25, -0.2) is 0 Å². The summed E-state index contributed by atoms with van der Waals surface area (Å²) in [5, 5.41) is 4.44. The van der Waals surface area contributed by atoms with Crippen molar-refractivity contribution in [1.82, 2.24) is 14.7 Å². The Labute approximate surface area is 119 Å². The molecule has 1 aromatic carbocycles. The molecule has 1 aliphatic rings. The summed E-state index contributed by atoms with van der Waals surface area (Å²) in [6.07, 6.45) is 1.87. The second kappa shape index (κ2) is 5.54. The Morgan fingerprint density at radius 3 is 2.40 bits per heavy atom. The van der Waals surface area contributed by atoms with Crippen LogP contribution in [0.5, 0.6) is 0 Å². The molecule has 0 atom stereocenters. The van der Waals surface area contributed by atoms with Crippen LogP contribution in [0.4, 0.5) is 11.5 Å². The third kappa shape index (κ3) is 2.77. The SMILES string of the molecule is Cn1cc(N)c(N2CCN(Cc3ccccc3)CC2)n1. The Hall–Kier alpha value is -2.01. The predicted molar refractivity (Wildman–Crippen MR) is 81.6 cm³/mol. The van der Waals surface area contributed by atoms with Crippen LogP contribution in [0.25, 0.3) is 0 Å². The molecule has 0 unspecified atom stereocenters. The van der Waals surface area contributed by atoms with E-state index in [1.807, 2.05) is 13.2 Å². The van der Waals surface area contributed by atoms with Gasteiger partial charge in [-0.15, -0.1) is 0 Å². The zero-order chi connectivity index (χ0) is 13.9. The lowest BCUT2D eigenvalue weighted by Gasteiger charge is -2.35. The molecule has 20 heavy (non-hydrogen) atoms. The third-order valence-corrected chi connectivity index (χ3v) is 3.76. The Kier molecular flexibility index (Phi) is 3.60. The molecular formula is C15H21N5. The molecule has 2 heterocycles. The van der Waals surface area contributed by atoms with Crippen molar-refractivity contribution in [2.24, 2.45) is 7.05 Å². The fourth-order valence-corrected chi connectivity index (χ4v) is 2.70. The number of rotatable bonds is 3. The van der Waals surface area contributed by atoms with E-state index in [1.54, 1.807) is 4.68 Å². The first-order valence-electron chi connectivity index (χ1n) is 7.03. The molecule has 1 fully saturated rings. The first-order valence-corrected chi connectivity index (χ1v) is 7.03. The maximum atomic E-state index is 5.99. The van der Waals surface area contributed by atoms with Gasteiger partial charge in [0.1, 0.15) is 0 Å². The number of nitrogens with two attached hydrogens (primary N) is 1. The van der Waals surface area contributed by atoms with Gasteiger partial charge in [0.2, 0.25) is 0 Å². The molecular weight excluding hydrogens is 250 g/mol. The average Bonchev–Trinajstić information content (AvgIpc) is 2.80. The molecule has 0 radical (unpaired) electrons. The molecule has 2 N–H and O–H groups in total. The number of piperazine rings is 1. The van der Waals surface area contributed by atoms with E-state index in [2.05, 4.69) is 45.2 Å². The van der Waals surface area contributed by atoms with Crippen LogP contribution in [-0.2, 0) is 13.6 Å². The maximum Gasteiger partial charge on any atom is 0.173 e. The minimum atomic E-state index is 0.768. The van der Waals surface area contributed by atoms with Gasteiger partial charge in [0.25, 0.3) is 0 Å². The summed E-state index contributed by atoms with van der Waals surface area (Å²) in [5.41, 5.74) is 8.13. The highest BCUT2D eigenvalue weighted by Gasteiger charge is 2.20. The molecule has 5 heteroatoms. The Balaban J connectivity index is 1.58. The molecule has 3 rings (SSSR count). The van der Waals surface area contributed by atoms with Crippen molar-refractivity contribution in [2.45, 2.75) is 6.54 Å². The molecule has 0 amide bonds. The summed E-state index contributed by atoms with van der Waals surface area (Å²) in [6.45, 7) is 5.07. The molecule has 5 nitrogen and oxygen atoms in total. The summed E-state index contributed by atoms with van der Waals surface area (Å²) in [7, 11) is 1.91. The number of aryl methyl sites for hydroxylation is 1. The van der Waals surface area contributed by atoms with Gasteiger partial charge in [-0.1, -0.05) is 30.3 Å². The zero-order valence-electron chi connectivity index (χ0n) is 11.9. The van der Waals surface area contributed by atoms with Gasteiger partial charge >= 0.3 is 0 Å². The lowest BCUT2D eigenvalue weighted by atomic mass is 10.2. The first kappa shape index (κ1) is 13.0. The molecule has 1 saturated heterocycles. The van der Waals surface area contributed by atoms with Gasteiger partial charge in [-0.05, 0) is 5.56 Å². The predicted octanol–water partition coefficient (Wildman–Crippen LogP) is 1.32. The normalized spacial score (nSPS) is 16.6. The van der Waals surface area contributed by atoms with Crippen LogP contribution in [0, 0.1) is 0 Å². The van der Waals surface area contributed by atoms with Crippen LogP contribution in [-0.4, -0.2) is 40.9 Å². The van der Waals surface area contributed by atoms with Crippen molar-refractivity contribution >= 4 is 11.5 Å². The second-order valence-corrected chi connectivity index (χ2v) is 5.33. The molecule has 0 aliphatic carbocycles. The van der Waals surface area contributed by atoms with Crippen LogP contribution in [0.3, 0.4) is 0 Å². The third-order valence-electron chi connectivity index (χ3n) is 3.76. The summed E-state index contributed by atoms with van der Waals surface area (Å²) < 4.78 is 1.78. The van der Waals surface area contributed by atoms with E-state index in [4.69, 9.17) is 5.73 Å². The van der Waals surface area contributed by atoms with Crippen molar-refractivity contribution in [2.75, 3.05) is 36.8 Å². The maximum absolute atomic E-state index is 5.99. The molecule has 0 saturated carbocycles. The molecule has 0 bridgehead atoms. The van der Waals surface area contributed by atoms with E-state index in [0.717, 1.165) is 44.2 Å². The number of hydrogen-bond donors (Lipinski definition) is 1. The van der Waals surface area contributed by atoms with Crippen molar-refractivity contribution in [1.29, 1.82) is 0 Å². The van der Waals surface area contributed by atoms with Crippen LogP contribution < -0.4 is 10.6 Å². The van der Waals surface area contributed by atoms with Crippen LogP contribution in [0.1, 0.15) is 5.56 Å². The minimum Gasteiger partial charge on any atom is -0.394 e. The van der Waals surface area contributed by atoms with Gasteiger partial charge in [0.05, 0.1) is 5.69 Å². The van der Waals surface area contributed by atoms with E-state index in [-0.39, 0.29) is 0 Å². The summed E-state index contributed by atoms with van der Waals surface area (Å²) in [5.74, 6) is 0.923. The van der Waals surface area contributed by atoms with E-state index in [0.29, 0.717) is 0 Å². The molecule has 1 aromatic heterocycles. The zero-order valence-corrected chi connectivity index (χ0v) is 11.9. The number of anilines is 2. The lowest BCUT2D eigenvalue weighted by molar-refractivity contribution is 0.249. The topological polar surface area (TPSA) is 50.3 Å². The quantitative estimate of drug-likeness (QED) is 0.915. The molecule has 0 spiro atoms. The molecule has 2 aromatic rings. The van der Waals surface area contributed by atoms with Crippen molar-refractivity contribution in [3.63, 3.8) is 0 Å². The lowest BCUT2D eigenvalue weighted by Crippen LogP contribution is -2.46. The number of nitrogen functional groups attached to an aromatic ring is 1. The number of benzene rings is 1. The van der Waals surface area contributed by atoms with Crippen molar-refractivity contribution < 1.29 is 0 Å². The first-order chi connectivity index (χ1) is 9.72. The minimum absolute atomic E-state index is 0.768. The highest BCUT2D eigenvalue weighted by Crippen LogP contribution is 2.21. The van der Waals surface area contributed by atoms with Gasteiger partial charge < -0.3 is 10.6 Å². The van der Waals surface area contributed by atoms with Crippen molar-refractivity contribution in [3.8, 4) is 0 Å². The highest BCUT2D eigenvalue weighted by molar-refractivity contribution is 5.61. The van der Waals surface area contributed by atoms with Gasteiger partial charge in [0.15, 0.2) is 5.82 Å². The number of nitrogens with zero attached hydrogens (tertiary/aromatic N) is 4. The Bertz CT molecular complexity index is 555. The fourth-order valence-electron chi connectivity index (χ4n) is 2.70. The van der Waals surface area contributed by atoms with E-state index >= 15 is 0 Å². The van der Waals surface area contributed by atoms with Crippen LogP contribution in [0.2, 0.25) is 0 Å². The molecule has 106 valence electrons. The molecule has 1 aliphatic heterocycles. The van der Waals surface area contributed by atoms with Crippen LogP contribution in [0.15, 0.2) is 36.5 Å². The van der Waals surface area contributed by atoms with E-state index < -0.39 is 0 Å². The van der Waals surface area contributed by atoms with Crippen LogP contribution >= 0.6 is 0 Å². The van der Waals surface area contributed by atoms with Crippen molar-refractivity contribution in [3.05, 3.63) is 42.1 Å². The van der Waals surface area contributed by atoms with Gasteiger partial charge in [0, 0.05) is 46.0 Å². The summed E-state index contributed by atoms with van der Waals surface area (Å²) >= 11 is 0. The smallest absolute Gasteiger partial charge is 0.173 e. The van der Waals surface area contributed by atoms with E-state index in [9.17, 15) is 0 Å². The van der Waals surface area contributed by atoms with Gasteiger partial charge in [-0.3, -0.25) is 9.58 Å². The number of aromatic nitrogens is 2. The Morgan fingerprint density at radius 1 is 1.10 bits per heavy atom. The standard InChI is InChI=1S/C15H21N5/c1-18-12-14(16)15(17-18)20-9-7-19(8-10-20)11-13-5-3-2-4-6-13/h2-6,12H,7-11,16H2,1H3. The monoisotopic (exact) mass is 271 g/mol. The number of hydrogen-bond acceptors (Lipinski definition) is 4. The van der Waals surface area contributed by atoms with Gasteiger partial charge in [-0.2, -0.15) is 5.10 Å². The highest BCUT2D eigenvalue weighted by atomic mass is 15.4. The summed E-state index contributed by atoms with van der Waals surface area (Å²) in [6, 6.07) is 10.6. The Morgan fingerprint density at radius 2 is 1.80 bits per heavy atom.